The van der Waals surface area contributed by atoms with Gasteiger partial charge < -0.3 is 9.47 Å². The molecule has 136 valence electrons. The molecule has 3 aromatic rings. The zero-order valence-corrected chi connectivity index (χ0v) is 17.2. The van der Waals surface area contributed by atoms with Gasteiger partial charge in [-0.05, 0) is 36.8 Å². The third kappa shape index (κ3) is 4.17. The Kier molecular flexibility index (Phi) is 6.12. The SMILES string of the molecule is CCn1c(SCc2ccc(Cl)c(Cl)c2)nnc1-c1cccc(N(C)C)c1. The van der Waals surface area contributed by atoms with Crippen molar-refractivity contribution in [1.29, 1.82) is 0 Å². The molecule has 1 aromatic heterocycles. The van der Waals surface area contributed by atoms with Crippen molar-refractivity contribution in [3.8, 4) is 11.4 Å². The predicted octanol–water partition coefficient (Wildman–Crippen LogP) is 5.63. The third-order valence-electron chi connectivity index (χ3n) is 4.01. The Morgan fingerprint density at radius 2 is 1.85 bits per heavy atom. The van der Waals surface area contributed by atoms with Gasteiger partial charge in [-0.1, -0.05) is 53.2 Å². The van der Waals surface area contributed by atoms with Crippen molar-refractivity contribution in [2.24, 2.45) is 0 Å². The first-order chi connectivity index (χ1) is 12.5. The van der Waals surface area contributed by atoms with Crippen LogP contribution in [0.1, 0.15) is 12.5 Å². The molecule has 0 unspecified atom stereocenters. The fraction of sp³-hybridized carbons (Fsp3) is 0.263. The van der Waals surface area contributed by atoms with Gasteiger partial charge in [-0.25, -0.2) is 0 Å². The molecule has 0 bridgehead atoms. The predicted molar refractivity (Wildman–Crippen MR) is 111 cm³/mol. The average Bonchev–Trinajstić information content (AvgIpc) is 3.05. The molecule has 0 N–H and O–H groups in total. The van der Waals surface area contributed by atoms with Crippen molar-refractivity contribution in [2.75, 3.05) is 19.0 Å². The fourth-order valence-corrected chi connectivity index (χ4v) is 3.86. The summed E-state index contributed by atoms with van der Waals surface area (Å²) in [6, 6.07) is 14.0. The fourth-order valence-electron chi connectivity index (χ4n) is 2.59. The molecular formula is C19H20Cl2N4S. The van der Waals surface area contributed by atoms with E-state index in [0.29, 0.717) is 10.0 Å². The summed E-state index contributed by atoms with van der Waals surface area (Å²) in [5.41, 5.74) is 3.30. The van der Waals surface area contributed by atoms with Crippen molar-refractivity contribution < 1.29 is 0 Å². The number of rotatable bonds is 6. The summed E-state index contributed by atoms with van der Waals surface area (Å²) < 4.78 is 2.14. The van der Waals surface area contributed by atoms with Crippen LogP contribution in [0.5, 0.6) is 0 Å². The number of aromatic nitrogens is 3. The molecule has 0 spiro atoms. The maximum atomic E-state index is 6.10. The lowest BCUT2D eigenvalue weighted by molar-refractivity contribution is 0.687. The van der Waals surface area contributed by atoms with E-state index in [9.17, 15) is 0 Å². The molecule has 26 heavy (non-hydrogen) atoms. The first-order valence-electron chi connectivity index (χ1n) is 8.27. The van der Waals surface area contributed by atoms with Crippen LogP contribution in [0, 0.1) is 0 Å². The Balaban J connectivity index is 1.84. The molecule has 0 amide bonds. The Morgan fingerprint density at radius 1 is 1.04 bits per heavy atom. The van der Waals surface area contributed by atoms with Crippen molar-refractivity contribution in [3.63, 3.8) is 0 Å². The summed E-state index contributed by atoms with van der Waals surface area (Å²) in [4.78, 5) is 2.08. The summed E-state index contributed by atoms with van der Waals surface area (Å²) >= 11 is 13.7. The molecule has 0 fully saturated rings. The van der Waals surface area contributed by atoms with E-state index in [2.05, 4.69) is 44.8 Å². The van der Waals surface area contributed by atoms with Crippen LogP contribution in [0.2, 0.25) is 10.0 Å². The monoisotopic (exact) mass is 406 g/mol. The minimum absolute atomic E-state index is 0.570. The lowest BCUT2D eigenvalue weighted by atomic mass is 10.2. The van der Waals surface area contributed by atoms with Gasteiger partial charge in [0.15, 0.2) is 11.0 Å². The average molecular weight is 407 g/mol. The molecule has 0 aliphatic rings. The van der Waals surface area contributed by atoms with Crippen LogP contribution >= 0.6 is 35.0 Å². The van der Waals surface area contributed by atoms with Crippen LogP contribution in [0.25, 0.3) is 11.4 Å². The highest BCUT2D eigenvalue weighted by atomic mass is 35.5. The number of nitrogens with zero attached hydrogens (tertiary/aromatic N) is 4. The van der Waals surface area contributed by atoms with E-state index in [0.717, 1.165) is 40.1 Å². The molecule has 3 rings (SSSR count). The van der Waals surface area contributed by atoms with E-state index in [1.807, 2.05) is 38.4 Å². The van der Waals surface area contributed by atoms with Gasteiger partial charge >= 0.3 is 0 Å². The normalized spacial score (nSPS) is 11.0. The van der Waals surface area contributed by atoms with Crippen LogP contribution in [0.15, 0.2) is 47.6 Å². The summed E-state index contributed by atoms with van der Waals surface area (Å²) in [7, 11) is 4.06. The van der Waals surface area contributed by atoms with E-state index < -0.39 is 0 Å². The highest BCUT2D eigenvalue weighted by molar-refractivity contribution is 7.98. The summed E-state index contributed by atoms with van der Waals surface area (Å²) in [6.45, 7) is 2.91. The Bertz CT molecular complexity index is 908. The molecule has 2 aromatic carbocycles. The van der Waals surface area contributed by atoms with Gasteiger partial charge in [0.1, 0.15) is 0 Å². The Labute approximate surface area is 168 Å². The zero-order valence-electron chi connectivity index (χ0n) is 14.9. The molecule has 0 saturated carbocycles. The minimum Gasteiger partial charge on any atom is -0.378 e. The third-order valence-corrected chi connectivity index (χ3v) is 5.78. The van der Waals surface area contributed by atoms with Gasteiger partial charge in [0.2, 0.25) is 0 Å². The number of halogens is 2. The maximum Gasteiger partial charge on any atom is 0.191 e. The van der Waals surface area contributed by atoms with Gasteiger partial charge in [-0.15, -0.1) is 10.2 Å². The Morgan fingerprint density at radius 3 is 2.54 bits per heavy atom. The van der Waals surface area contributed by atoms with E-state index >= 15 is 0 Å². The highest BCUT2D eigenvalue weighted by Gasteiger charge is 2.14. The molecule has 0 atom stereocenters. The maximum absolute atomic E-state index is 6.10. The second-order valence-electron chi connectivity index (χ2n) is 6.03. The molecule has 0 radical (unpaired) electrons. The first kappa shape index (κ1) is 19.1. The summed E-state index contributed by atoms with van der Waals surface area (Å²) in [5, 5.41) is 10.9. The van der Waals surface area contributed by atoms with E-state index in [4.69, 9.17) is 23.2 Å². The number of hydrogen-bond donors (Lipinski definition) is 0. The van der Waals surface area contributed by atoms with Gasteiger partial charge in [0.25, 0.3) is 0 Å². The van der Waals surface area contributed by atoms with Gasteiger partial charge in [0, 0.05) is 37.6 Å². The lowest BCUT2D eigenvalue weighted by Crippen LogP contribution is -2.08. The quantitative estimate of drug-likeness (QED) is 0.496. The van der Waals surface area contributed by atoms with Crippen molar-refractivity contribution in [3.05, 3.63) is 58.1 Å². The second kappa shape index (κ2) is 8.33. The standard InChI is InChI=1S/C19H20Cl2N4S/c1-4-25-18(14-6-5-7-15(11-14)24(2)3)22-23-19(25)26-12-13-8-9-16(20)17(21)10-13/h5-11H,4,12H2,1-3H3. The van der Waals surface area contributed by atoms with Crippen molar-refractivity contribution in [1.82, 2.24) is 14.8 Å². The molecule has 4 nitrogen and oxygen atoms in total. The van der Waals surface area contributed by atoms with Crippen LogP contribution in [0.3, 0.4) is 0 Å². The highest BCUT2D eigenvalue weighted by Crippen LogP contribution is 2.30. The van der Waals surface area contributed by atoms with Crippen LogP contribution in [-0.2, 0) is 12.3 Å². The topological polar surface area (TPSA) is 34.0 Å². The number of anilines is 1. The zero-order chi connectivity index (χ0) is 18.7. The molecule has 0 aliphatic heterocycles. The minimum atomic E-state index is 0.570. The second-order valence-corrected chi connectivity index (χ2v) is 7.79. The molecule has 1 heterocycles. The number of hydrogen-bond acceptors (Lipinski definition) is 4. The van der Waals surface area contributed by atoms with Crippen LogP contribution in [0.4, 0.5) is 5.69 Å². The largest absolute Gasteiger partial charge is 0.378 e. The Hall–Kier alpha value is -1.69. The number of thioether (sulfide) groups is 1. The van der Waals surface area contributed by atoms with Gasteiger partial charge in [-0.3, -0.25) is 0 Å². The lowest BCUT2D eigenvalue weighted by Gasteiger charge is -2.14. The van der Waals surface area contributed by atoms with Gasteiger partial charge in [-0.2, -0.15) is 0 Å². The van der Waals surface area contributed by atoms with E-state index in [-0.39, 0.29) is 0 Å². The molecule has 0 aliphatic carbocycles. The smallest absolute Gasteiger partial charge is 0.191 e. The van der Waals surface area contributed by atoms with Crippen molar-refractivity contribution in [2.45, 2.75) is 24.4 Å². The molecule has 0 saturated heterocycles. The van der Waals surface area contributed by atoms with Crippen LogP contribution in [-0.4, -0.2) is 28.9 Å². The molecular weight excluding hydrogens is 387 g/mol. The first-order valence-corrected chi connectivity index (χ1v) is 10.0. The summed E-state index contributed by atoms with van der Waals surface area (Å²) in [6.07, 6.45) is 0. The van der Waals surface area contributed by atoms with E-state index in [1.165, 1.54) is 0 Å². The van der Waals surface area contributed by atoms with Crippen LogP contribution < -0.4 is 4.90 Å². The summed E-state index contributed by atoms with van der Waals surface area (Å²) in [5.74, 6) is 1.64. The van der Waals surface area contributed by atoms with Gasteiger partial charge in [0.05, 0.1) is 10.0 Å². The number of benzene rings is 2. The van der Waals surface area contributed by atoms with E-state index in [1.54, 1.807) is 11.8 Å². The van der Waals surface area contributed by atoms with Crippen molar-refractivity contribution >= 4 is 40.7 Å². The molecule has 7 heteroatoms.